The summed E-state index contributed by atoms with van der Waals surface area (Å²) in [6.07, 6.45) is 15.6. The molecule has 0 aliphatic rings. The van der Waals surface area contributed by atoms with Gasteiger partial charge in [0.15, 0.2) is 0 Å². The number of nitrogens with one attached hydrogen (secondary N) is 5. The number of fused-ring (bicyclic) bond motifs is 6. The standard InChI is InChI=1S/2C26H17ClFN5O.C17H10ClN3O2.C9H9FN2.CH3F.ClH/c2*27-21-9-18-5-15(6-19(12-29)25(18)32-14-21)7-22-10-17(2-3-30-22)26(34)33-13-20-8-16-1-4-31-24(16)11-23(20)28;18-14-6-12-3-10(4-13(8-19)16(12)21-9-14)5-15-7-11(17(22)23)1-2-20-15;10-8-4-9-6(1-2-12-9)3-7(8)5-11;1-2;/h2*1-6,8-11,14,31H,7,13H2,(H,33,34);1-4,6-7,9H,5H2,(H,22,23);1-4,12H,5,11H2;1H3;1H/i;;;;1D;. The average molecular weight is 1500 g/mol. The van der Waals surface area contributed by atoms with Gasteiger partial charge in [-0.1, -0.05) is 34.8 Å². The van der Waals surface area contributed by atoms with E-state index in [9.17, 15) is 47.7 Å². The Morgan fingerprint density at radius 3 is 1.12 bits per heavy atom. The van der Waals surface area contributed by atoms with E-state index in [1.807, 2.05) is 36.4 Å². The van der Waals surface area contributed by atoms with E-state index in [2.05, 4.69) is 73.7 Å². The number of aromatic carboxylic acids is 1. The number of carboxylic acid groups (broad SMARTS) is 1. The summed E-state index contributed by atoms with van der Waals surface area (Å²) in [4.78, 5) is 70.9. The van der Waals surface area contributed by atoms with Gasteiger partial charge in [-0.15, -0.1) is 12.4 Å². The van der Waals surface area contributed by atoms with Gasteiger partial charge in [-0.3, -0.25) is 43.9 Å². The predicted octanol–water partition coefficient (Wildman–Crippen LogP) is 16.8. The van der Waals surface area contributed by atoms with E-state index in [-0.39, 0.29) is 66.9 Å². The zero-order valence-electron chi connectivity index (χ0n) is 56.3. The van der Waals surface area contributed by atoms with Gasteiger partial charge in [0.25, 0.3) is 11.8 Å². The number of rotatable bonds is 14. The molecule has 6 aromatic carbocycles. The lowest BCUT2D eigenvalue weighted by molar-refractivity contribution is 0.0695. The Hall–Kier alpha value is -12.7. The molecule has 0 saturated carbocycles. The number of aromatic amines is 3. The first-order chi connectivity index (χ1) is 51.3. The second kappa shape index (κ2) is 35.0. The highest BCUT2D eigenvalue weighted by molar-refractivity contribution is 6.31. The minimum atomic E-state index is -1.00. The maximum absolute atomic E-state index is 14.3. The predicted molar refractivity (Wildman–Crippen MR) is 402 cm³/mol. The molecule has 0 atom stereocenters. The molecule has 0 aliphatic heterocycles. The highest BCUT2D eigenvalue weighted by atomic mass is 35.5. The van der Waals surface area contributed by atoms with Crippen LogP contribution in [0.4, 0.5) is 17.6 Å². The third kappa shape index (κ3) is 18.6. The molecule has 0 saturated heterocycles. The number of carbonyl (C=O) groups excluding carboxylic acids is 2. The van der Waals surface area contributed by atoms with Gasteiger partial charge in [0.05, 0.1) is 62.4 Å². The smallest absolute Gasteiger partial charge is 0.335 e. The lowest BCUT2D eigenvalue weighted by Gasteiger charge is -2.09. The molecular formula is C79H57Cl4F4N15O4. The van der Waals surface area contributed by atoms with Gasteiger partial charge in [0.1, 0.15) is 35.7 Å². The first kappa shape index (κ1) is 74.5. The van der Waals surface area contributed by atoms with Gasteiger partial charge < -0.3 is 36.4 Å². The van der Waals surface area contributed by atoms with Crippen molar-refractivity contribution in [3.63, 3.8) is 0 Å². The number of hydrogen-bond donors (Lipinski definition) is 7. The molecule has 27 heteroatoms. The molecular weight excluding hydrogens is 1440 g/mol. The zero-order valence-corrected chi connectivity index (χ0v) is 58.4. The Morgan fingerprint density at radius 2 is 0.792 bits per heavy atom. The molecule has 9 heterocycles. The number of H-pyrrole nitrogens is 3. The molecule has 9 aromatic heterocycles. The SMILES string of the molecule is Cl.N#Cc1cc(Cc2cc(C(=O)NCc3cc4cc[nH]c4cc3F)ccn2)cc2cc(Cl)cnc12.N#Cc1cc(Cc2cc(C(=O)NCc3cc4cc[nH]c4cc3F)ccn2)cc2cc(Cl)cnc12.N#Cc1cc(Cc2cc(C(=O)O)ccn2)cc2cc(Cl)cnc12.NCc1cc2cc[nH]c2cc1F.[2H]CF. The first-order valence-electron chi connectivity index (χ1n) is 32.4. The number of nitrogens with zero attached hydrogens (tertiary/aromatic N) is 9. The fourth-order valence-electron chi connectivity index (χ4n) is 11.5. The molecule has 0 aliphatic carbocycles. The van der Waals surface area contributed by atoms with Crippen molar-refractivity contribution in [2.75, 3.05) is 7.15 Å². The van der Waals surface area contributed by atoms with Crippen molar-refractivity contribution in [3.05, 3.63) is 318 Å². The van der Waals surface area contributed by atoms with Gasteiger partial charge in [-0.2, -0.15) is 15.8 Å². The Morgan fingerprint density at radius 1 is 0.472 bits per heavy atom. The minimum absolute atomic E-state index is 0. The molecule has 528 valence electrons. The van der Waals surface area contributed by atoms with Crippen LogP contribution in [0, 0.1) is 51.4 Å². The molecule has 15 aromatic rings. The summed E-state index contributed by atoms with van der Waals surface area (Å²) in [6.45, 7) is 0.369. The second-order valence-electron chi connectivity index (χ2n) is 23.5. The van der Waals surface area contributed by atoms with Crippen LogP contribution in [-0.4, -0.2) is 74.9 Å². The fourth-order valence-corrected chi connectivity index (χ4v) is 12.0. The normalized spacial score (nSPS) is 10.7. The Balaban J connectivity index is 0.000000158. The van der Waals surface area contributed by atoms with Crippen molar-refractivity contribution in [2.24, 2.45) is 5.73 Å². The number of nitriles is 3. The lowest BCUT2D eigenvalue weighted by atomic mass is 10.0. The Bertz CT molecular complexity index is 5740. The summed E-state index contributed by atoms with van der Waals surface area (Å²) in [7, 11) is -1.00. The van der Waals surface area contributed by atoms with Gasteiger partial charge in [-0.05, 0) is 178 Å². The van der Waals surface area contributed by atoms with E-state index in [4.69, 9.17) is 47.0 Å². The highest BCUT2D eigenvalue weighted by Crippen LogP contribution is 2.28. The number of carboxylic acids is 1. The maximum Gasteiger partial charge on any atom is 0.335 e. The number of aromatic nitrogens is 9. The third-order valence-corrected chi connectivity index (χ3v) is 17.0. The number of halogens is 8. The van der Waals surface area contributed by atoms with Gasteiger partial charge in [-0.25, -0.2) is 18.0 Å². The molecule has 15 rings (SSSR count). The number of benzene rings is 6. The molecule has 8 N–H and O–H groups in total. The number of pyridine rings is 6. The van der Waals surface area contributed by atoms with Gasteiger partial charge in [0, 0.05) is 172 Å². The number of nitrogens with two attached hydrogens (primary N) is 1. The monoisotopic (exact) mass is 1500 g/mol. The molecule has 0 spiro atoms. The molecule has 2 amide bonds. The van der Waals surface area contributed by atoms with Crippen LogP contribution in [0.2, 0.25) is 15.1 Å². The molecule has 0 radical (unpaired) electrons. The van der Waals surface area contributed by atoms with Gasteiger partial charge >= 0.3 is 5.97 Å². The molecule has 19 nitrogen and oxygen atoms in total. The van der Waals surface area contributed by atoms with E-state index in [0.717, 1.165) is 54.5 Å². The summed E-state index contributed by atoms with van der Waals surface area (Å²) in [6, 6.07) is 47.3. The molecule has 106 heavy (non-hydrogen) atoms. The Kier molecular flexibility index (Phi) is 24.6. The summed E-state index contributed by atoms with van der Waals surface area (Å²) in [5, 5.41) is 49.4. The summed E-state index contributed by atoms with van der Waals surface area (Å²) in [5.41, 5.74) is 17.5. The van der Waals surface area contributed by atoms with Crippen LogP contribution in [0.25, 0.3) is 65.4 Å². The molecule has 0 bridgehead atoms. The first-order valence-corrected chi connectivity index (χ1v) is 32.8. The highest BCUT2D eigenvalue weighted by Gasteiger charge is 2.17. The van der Waals surface area contributed by atoms with Crippen LogP contribution >= 0.6 is 47.2 Å². The topological polar surface area (TPSA) is 318 Å². The van der Waals surface area contributed by atoms with Crippen LogP contribution in [0.3, 0.4) is 0 Å². The van der Waals surface area contributed by atoms with Crippen molar-refractivity contribution in [1.29, 1.82) is 15.8 Å². The number of carbonyl (C=O) groups is 3. The quantitative estimate of drug-likeness (QED) is 0.0498. The van der Waals surface area contributed by atoms with Crippen molar-refractivity contribution in [1.82, 2.24) is 55.5 Å². The van der Waals surface area contributed by atoms with Crippen molar-refractivity contribution in [3.8, 4) is 18.2 Å². The van der Waals surface area contributed by atoms with Crippen LogP contribution < -0.4 is 16.4 Å². The number of hydrogen-bond acceptors (Lipinski definition) is 13. The van der Waals surface area contributed by atoms with Crippen molar-refractivity contribution in [2.45, 2.75) is 38.9 Å². The summed E-state index contributed by atoms with van der Waals surface area (Å²) >= 11 is 18.1. The van der Waals surface area contributed by atoms with E-state index >= 15 is 0 Å². The lowest BCUT2D eigenvalue weighted by Crippen LogP contribution is -2.23. The van der Waals surface area contributed by atoms with Crippen molar-refractivity contribution < 1.29 is 38.4 Å². The van der Waals surface area contributed by atoms with Crippen LogP contribution in [0.5, 0.6) is 0 Å². The van der Waals surface area contributed by atoms with Crippen molar-refractivity contribution >= 4 is 130 Å². The third-order valence-electron chi connectivity index (χ3n) is 16.4. The summed E-state index contributed by atoms with van der Waals surface area (Å²) in [5.74, 6) is -2.67. The number of amides is 2. The van der Waals surface area contributed by atoms with Crippen LogP contribution in [0.15, 0.2) is 201 Å². The van der Waals surface area contributed by atoms with Crippen LogP contribution in [0.1, 0.15) is 99.6 Å². The fraction of sp³-hybridized carbons (Fsp3) is 0.0886. The molecule has 0 unspecified atom stereocenters. The van der Waals surface area contributed by atoms with E-state index in [0.29, 0.717) is 124 Å². The summed E-state index contributed by atoms with van der Waals surface area (Å²) < 4.78 is 57.3. The average Bonchev–Trinajstić information content (AvgIpc) is 1.77. The van der Waals surface area contributed by atoms with Gasteiger partial charge in [0.2, 0.25) is 0 Å². The largest absolute Gasteiger partial charge is 0.478 e. The maximum atomic E-state index is 14.3. The molecule has 0 fully saturated rings. The second-order valence-corrected chi connectivity index (χ2v) is 24.8. The minimum Gasteiger partial charge on any atom is -0.478 e. The van der Waals surface area contributed by atoms with E-state index < -0.39 is 13.1 Å². The number of alkyl halides is 1. The Labute approximate surface area is 624 Å². The van der Waals surface area contributed by atoms with Crippen LogP contribution in [-0.2, 0) is 38.9 Å². The van der Waals surface area contributed by atoms with E-state index in [1.165, 1.54) is 55.1 Å². The van der Waals surface area contributed by atoms with E-state index in [1.54, 1.807) is 110 Å². The zero-order chi connectivity index (χ0) is 75.0.